The fourth-order valence-electron chi connectivity index (χ4n) is 2.45. The Kier molecular flexibility index (Phi) is 3.84. The van der Waals surface area contributed by atoms with E-state index in [4.69, 9.17) is 16.1 Å². The summed E-state index contributed by atoms with van der Waals surface area (Å²) in [5, 5.41) is 4.51. The zero-order chi connectivity index (χ0) is 14.8. The Morgan fingerprint density at radius 3 is 2.57 bits per heavy atom. The number of aryl methyl sites for hydroxylation is 1. The van der Waals surface area contributed by atoms with Crippen molar-refractivity contribution in [2.24, 2.45) is 0 Å². The molecule has 0 radical (unpaired) electrons. The first kappa shape index (κ1) is 13.9. The Labute approximate surface area is 128 Å². The quantitative estimate of drug-likeness (QED) is 0.856. The highest BCUT2D eigenvalue weighted by atomic mass is 35.5. The first-order valence-corrected chi connectivity index (χ1v) is 7.25. The Morgan fingerprint density at radius 2 is 1.95 bits per heavy atom. The largest absolute Gasteiger partial charge is 0.360 e. The Morgan fingerprint density at radius 1 is 1.24 bits per heavy atom. The Bertz CT molecular complexity index is 648. The molecule has 0 atom stereocenters. The van der Waals surface area contributed by atoms with Gasteiger partial charge in [0, 0.05) is 32.2 Å². The van der Waals surface area contributed by atoms with Crippen molar-refractivity contribution in [3.63, 3.8) is 0 Å². The molecule has 0 saturated carbocycles. The predicted octanol–water partition coefficient (Wildman–Crippen LogP) is 2.60. The highest BCUT2D eigenvalue weighted by Gasteiger charge is 2.24. The third-order valence-corrected chi connectivity index (χ3v) is 3.94. The molecule has 2 aromatic rings. The van der Waals surface area contributed by atoms with Crippen LogP contribution in [0.5, 0.6) is 0 Å². The number of rotatable bonds is 2. The predicted molar refractivity (Wildman–Crippen MR) is 80.8 cm³/mol. The lowest BCUT2D eigenvalue weighted by Gasteiger charge is -2.34. The Hall–Kier alpha value is -2.01. The van der Waals surface area contributed by atoms with Crippen LogP contribution in [0.1, 0.15) is 16.1 Å². The smallest absolute Gasteiger partial charge is 0.255 e. The van der Waals surface area contributed by atoms with Gasteiger partial charge in [-0.1, -0.05) is 28.9 Å². The number of carbonyl (C=O) groups excluding carboxylic acids is 1. The van der Waals surface area contributed by atoms with E-state index in [1.165, 1.54) is 0 Å². The first-order chi connectivity index (χ1) is 10.1. The van der Waals surface area contributed by atoms with Gasteiger partial charge in [-0.05, 0) is 19.1 Å². The molecule has 3 rings (SSSR count). The number of benzene rings is 1. The van der Waals surface area contributed by atoms with E-state index < -0.39 is 0 Å². The average molecular weight is 306 g/mol. The van der Waals surface area contributed by atoms with Crippen molar-refractivity contribution in [2.75, 3.05) is 31.1 Å². The second-order valence-electron chi connectivity index (χ2n) is 5.05. The molecule has 0 unspecified atom stereocenters. The van der Waals surface area contributed by atoms with E-state index in [0.717, 1.165) is 24.7 Å². The molecule has 110 valence electrons. The van der Waals surface area contributed by atoms with Gasteiger partial charge in [-0.25, -0.2) is 0 Å². The van der Waals surface area contributed by atoms with Crippen LogP contribution >= 0.6 is 11.6 Å². The SMILES string of the molecule is Cc1cc(N2CCN(C(=O)c3ccccc3Cl)CC2)no1. The van der Waals surface area contributed by atoms with Crippen molar-refractivity contribution in [2.45, 2.75) is 6.92 Å². The summed E-state index contributed by atoms with van der Waals surface area (Å²) < 4.78 is 5.09. The molecule has 6 heteroatoms. The van der Waals surface area contributed by atoms with Crippen molar-refractivity contribution in [1.82, 2.24) is 10.1 Å². The fraction of sp³-hybridized carbons (Fsp3) is 0.333. The zero-order valence-corrected chi connectivity index (χ0v) is 12.5. The van der Waals surface area contributed by atoms with Gasteiger partial charge in [0.1, 0.15) is 5.76 Å². The molecule has 0 spiro atoms. The topological polar surface area (TPSA) is 49.6 Å². The molecule has 1 aliphatic rings. The summed E-state index contributed by atoms with van der Waals surface area (Å²) in [4.78, 5) is 16.4. The lowest BCUT2D eigenvalue weighted by molar-refractivity contribution is 0.0746. The van der Waals surface area contributed by atoms with Crippen molar-refractivity contribution in [3.8, 4) is 0 Å². The average Bonchev–Trinajstić information content (AvgIpc) is 2.94. The minimum atomic E-state index is -0.0171. The van der Waals surface area contributed by atoms with Gasteiger partial charge < -0.3 is 14.3 Å². The van der Waals surface area contributed by atoms with Crippen molar-refractivity contribution in [1.29, 1.82) is 0 Å². The van der Waals surface area contributed by atoms with Gasteiger partial charge in [0.15, 0.2) is 5.82 Å². The number of anilines is 1. The van der Waals surface area contributed by atoms with E-state index in [0.29, 0.717) is 23.7 Å². The number of aromatic nitrogens is 1. The molecule has 0 aliphatic carbocycles. The summed E-state index contributed by atoms with van der Waals surface area (Å²) in [6, 6.07) is 9.06. The molecule has 1 fully saturated rings. The monoisotopic (exact) mass is 305 g/mol. The van der Waals surface area contributed by atoms with Crippen molar-refractivity contribution >= 4 is 23.3 Å². The third kappa shape index (κ3) is 2.88. The first-order valence-electron chi connectivity index (χ1n) is 6.87. The van der Waals surface area contributed by atoms with Crippen molar-refractivity contribution < 1.29 is 9.32 Å². The highest BCUT2D eigenvalue weighted by molar-refractivity contribution is 6.33. The maximum atomic E-state index is 12.5. The van der Waals surface area contributed by atoms with Crippen LogP contribution in [0, 0.1) is 6.92 Å². The summed E-state index contributed by atoms with van der Waals surface area (Å²) in [6.45, 7) is 4.64. The molecular formula is C15H16ClN3O2. The van der Waals surface area contributed by atoms with Gasteiger partial charge in [-0.15, -0.1) is 0 Å². The van der Waals surface area contributed by atoms with E-state index in [2.05, 4.69) is 10.1 Å². The maximum Gasteiger partial charge on any atom is 0.255 e. The molecule has 1 saturated heterocycles. The van der Waals surface area contributed by atoms with Crippen LogP contribution in [0.4, 0.5) is 5.82 Å². The van der Waals surface area contributed by atoms with Gasteiger partial charge in [-0.3, -0.25) is 4.79 Å². The molecule has 21 heavy (non-hydrogen) atoms. The summed E-state index contributed by atoms with van der Waals surface area (Å²) in [5.74, 6) is 1.61. The second-order valence-corrected chi connectivity index (χ2v) is 5.46. The van der Waals surface area contributed by atoms with Crippen LogP contribution in [-0.4, -0.2) is 42.1 Å². The van der Waals surface area contributed by atoms with E-state index in [9.17, 15) is 4.79 Å². The van der Waals surface area contributed by atoms with E-state index in [-0.39, 0.29) is 5.91 Å². The normalized spacial score (nSPS) is 15.3. The molecule has 1 aromatic heterocycles. The van der Waals surface area contributed by atoms with E-state index in [1.807, 2.05) is 30.0 Å². The van der Waals surface area contributed by atoms with Crippen LogP contribution < -0.4 is 4.90 Å². The number of hydrogen-bond acceptors (Lipinski definition) is 4. The molecule has 1 aliphatic heterocycles. The fourth-order valence-corrected chi connectivity index (χ4v) is 2.66. The van der Waals surface area contributed by atoms with E-state index >= 15 is 0 Å². The number of amides is 1. The summed E-state index contributed by atoms with van der Waals surface area (Å²) in [5.41, 5.74) is 0.560. The van der Waals surface area contributed by atoms with Gasteiger partial charge >= 0.3 is 0 Å². The lowest BCUT2D eigenvalue weighted by Crippen LogP contribution is -2.49. The molecule has 1 amide bonds. The van der Waals surface area contributed by atoms with Gasteiger partial charge in [0.25, 0.3) is 5.91 Å². The van der Waals surface area contributed by atoms with E-state index in [1.54, 1.807) is 12.1 Å². The van der Waals surface area contributed by atoms with Crippen LogP contribution in [0.15, 0.2) is 34.9 Å². The number of halogens is 1. The molecule has 0 N–H and O–H groups in total. The minimum Gasteiger partial charge on any atom is -0.360 e. The standard InChI is InChI=1S/C15H16ClN3O2/c1-11-10-14(17-21-11)18-6-8-19(9-7-18)15(20)12-4-2-3-5-13(12)16/h2-5,10H,6-9H2,1H3. The minimum absolute atomic E-state index is 0.0171. The third-order valence-electron chi connectivity index (χ3n) is 3.61. The molecular weight excluding hydrogens is 290 g/mol. The van der Waals surface area contributed by atoms with Crippen LogP contribution in [0.3, 0.4) is 0 Å². The Balaban J connectivity index is 1.66. The lowest BCUT2D eigenvalue weighted by atomic mass is 10.2. The van der Waals surface area contributed by atoms with Crippen LogP contribution in [-0.2, 0) is 0 Å². The summed E-state index contributed by atoms with van der Waals surface area (Å²) in [6.07, 6.45) is 0. The number of carbonyl (C=O) groups is 1. The highest BCUT2D eigenvalue weighted by Crippen LogP contribution is 2.20. The molecule has 5 nitrogen and oxygen atoms in total. The summed E-state index contributed by atoms with van der Waals surface area (Å²) in [7, 11) is 0. The van der Waals surface area contributed by atoms with Gasteiger partial charge in [0.05, 0.1) is 10.6 Å². The summed E-state index contributed by atoms with van der Waals surface area (Å²) >= 11 is 6.09. The number of nitrogens with zero attached hydrogens (tertiary/aromatic N) is 3. The van der Waals surface area contributed by atoms with Crippen LogP contribution in [0.25, 0.3) is 0 Å². The second kappa shape index (κ2) is 5.77. The molecule has 2 heterocycles. The maximum absolute atomic E-state index is 12.5. The van der Waals surface area contributed by atoms with Gasteiger partial charge in [-0.2, -0.15) is 0 Å². The number of hydrogen-bond donors (Lipinski definition) is 0. The van der Waals surface area contributed by atoms with Crippen molar-refractivity contribution in [3.05, 3.63) is 46.7 Å². The number of piperazine rings is 1. The zero-order valence-electron chi connectivity index (χ0n) is 11.8. The molecule has 1 aromatic carbocycles. The molecule has 0 bridgehead atoms. The van der Waals surface area contributed by atoms with Gasteiger partial charge in [0.2, 0.25) is 0 Å². The van der Waals surface area contributed by atoms with Crippen LogP contribution in [0.2, 0.25) is 5.02 Å².